The summed E-state index contributed by atoms with van der Waals surface area (Å²) in [5, 5.41) is 0.379. The first-order valence-corrected chi connectivity index (χ1v) is 4.44. The third kappa shape index (κ3) is 2.47. The van der Waals surface area contributed by atoms with Gasteiger partial charge in [0.25, 0.3) is 0 Å². The van der Waals surface area contributed by atoms with Crippen LogP contribution in [-0.2, 0) is 9.59 Å². The van der Waals surface area contributed by atoms with Gasteiger partial charge in [-0.05, 0) is 12.1 Å². The van der Waals surface area contributed by atoms with E-state index in [9.17, 15) is 9.59 Å². The number of Topliss-reactive ketones (excluding diaryl/α,β-unsaturated/α-hetero) is 1. The van der Waals surface area contributed by atoms with Crippen molar-refractivity contribution in [3.63, 3.8) is 0 Å². The maximum absolute atomic E-state index is 10.9. The zero-order valence-corrected chi connectivity index (χ0v) is 8.72. The molecule has 0 unspecified atom stereocenters. The number of hydrogen-bond donors (Lipinski definition) is 0. The molecule has 5 heteroatoms. The number of hydrogen-bond acceptors (Lipinski definition) is 3. The molecule has 0 fully saturated rings. The standard InChI is InChI=1S/C9H6Cl2O3/c1-5(12)9(13)14-7-4-2-3-6(10)8(7)11/h2-4H,1H3. The maximum atomic E-state index is 10.9. The molecule has 0 aliphatic carbocycles. The van der Waals surface area contributed by atoms with Crippen molar-refractivity contribution in [3.05, 3.63) is 28.2 Å². The molecule has 0 saturated heterocycles. The van der Waals surface area contributed by atoms with Crippen LogP contribution in [0.5, 0.6) is 5.75 Å². The van der Waals surface area contributed by atoms with Crippen molar-refractivity contribution in [1.29, 1.82) is 0 Å². The van der Waals surface area contributed by atoms with Crippen molar-refractivity contribution < 1.29 is 14.3 Å². The van der Waals surface area contributed by atoms with Gasteiger partial charge in [0.05, 0.1) is 5.02 Å². The van der Waals surface area contributed by atoms with E-state index in [1.807, 2.05) is 0 Å². The van der Waals surface area contributed by atoms with E-state index in [1.165, 1.54) is 6.07 Å². The number of ketones is 1. The highest BCUT2D eigenvalue weighted by atomic mass is 35.5. The van der Waals surface area contributed by atoms with Crippen LogP contribution in [0.3, 0.4) is 0 Å². The minimum atomic E-state index is -0.964. The van der Waals surface area contributed by atoms with E-state index < -0.39 is 11.8 Å². The number of rotatable bonds is 2. The lowest BCUT2D eigenvalue weighted by molar-refractivity contribution is -0.146. The highest BCUT2D eigenvalue weighted by Crippen LogP contribution is 2.31. The quantitative estimate of drug-likeness (QED) is 0.447. The molecular formula is C9H6Cl2O3. The number of carbonyl (C=O) groups is 2. The molecule has 0 bridgehead atoms. The van der Waals surface area contributed by atoms with Crippen LogP contribution in [0.2, 0.25) is 10.0 Å². The summed E-state index contributed by atoms with van der Waals surface area (Å²) in [5.41, 5.74) is 0. The molecule has 1 aromatic rings. The Kier molecular flexibility index (Phi) is 3.49. The number of esters is 1. The molecular weight excluding hydrogens is 227 g/mol. The fourth-order valence-electron chi connectivity index (χ4n) is 0.735. The largest absolute Gasteiger partial charge is 0.419 e. The summed E-state index contributed by atoms with van der Waals surface area (Å²) >= 11 is 11.4. The second-order valence-corrected chi connectivity index (χ2v) is 3.28. The van der Waals surface area contributed by atoms with E-state index in [2.05, 4.69) is 4.74 Å². The van der Waals surface area contributed by atoms with Crippen molar-refractivity contribution in [2.45, 2.75) is 6.92 Å². The van der Waals surface area contributed by atoms with Crippen molar-refractivity contribution >= 4 is 35.0 Å². The van der Waals surface area contributed by atoms with Gasteiger partial charge in [-0.25, -0.2) is 4.79 Å². The van der Waals surface area contributed by atoms with Gasteiger partial charge in [0, 0.05) is 6.92 Å². The zero-order valence-electron chi connectivity index (χ0n) is 7.21. The summed E-state index contributed by atoms with van der Waals surface area (Å²) in [4.78, 5) is 21.5. The second-order valence-electron chi connectivity index (χ2n) is 2.50. The summed E-state index contributed by atoms with van der Waals surface area (Å²) in [7, 11) is 0. The lowest BCUT2D eigenvalue weighted by atomic mass is 10.3. The molecule has 0 radical (unpaired) electrons. The molecule has 0 amide bonds. The summed E-state index contributed by atoms with van der Waals surface area (Å²) in [6, 6.07) is 4.57. The molecule has 0 aliphatic heterocycles. The molecule has 0 atom stereocenters. The summed E-state index contributed by atoms with van der Waals surface area (Å²) in [5.74, 6) is -1.57. The minimum absolute atomic E-state index is 0.0827. The van der Waals surface area contributed by atoms with Gasteiger partial charge in [-0.15, -0.1) is 0 Å². The van der Waals surface area contributed by atoms with Gasteiger partial charge >= 0.3 is 5.97 Å². The Balaban J connectivity index is 2.93. The monoisotopic (exact) mass is 232 g/mol. The third-order valence-corrected chi connectivity index (χ3v) is 2.21. The zero-order chi connectivity index (χ0) is 10.7. The van der Waals surface area contributed by atoms with Crippen molar-refractivity contribution in [2.75, 3.05) is 0 Å². The molecule has 74 valence electrons. The fraction of sp³-hybridized carbons (Fsp3) is 0.111. The SMILES string of the molecule is CC(=O)C(=O)Oc1cccc(Cl)c1Cl. The lowest BCUT2D eigenvalue weighted by Gasteiger charge is -2.04. The van der Waals surface area contributed by atoms with Crippen LogP contribution in [0.1, 0.15) is 6.92 Å². The Labute approximate surface area is 90.6 Å². The highest BCUT2D eigenvalue weighted by Gasteiger charge is 2.13. The molecule has 3 nitrogen and oxygen atoms in total. The Bertz CT molecular complexity index is 388. The average molecular weight is 233 g/mol. The summed E-state index contributed by atoms with van der Waals surface area (Å²) in [6.07, 6.45) is 0. The van der Waals surface area contributed by atoms with Gasteiger partial charge in [0.2, 0.25) is 5.78 Å². The Morgan fingerprint density at radius 1 is 1.29 bits per heavy atom. The first kappa shape index (κ1) is 11.0. The van der Waals surface area contributed by atoms with E-state index in [0.29, 0.717) is 0 Å². The van der Waals surface area contributed by atoms with Crippen molar-refractivity contribution in [1.82, 2.24) is 0 Å². The molecule has 1 rings (SSSR count). The van der Waals surface area contributed by atoms with Crippen LogP contribution in [0.15, 0.2) is 18.2 Å². The number of halogens is 2. The third-order valence-electron chi connectivity index (χ3n) is 1.41. The van der Waals surface area contributed by atoms with E-state index in [0.717, 1.165) is 6.92 Å². The van der Waals surface area contributed by atoms with Gasteiger partial charge in [-0.3, -0.25) is 4.79 Å². The second kappa shape index (κ2) is 4.44. The molecule has 1 aromatic carbocycles. The van der Waals surface area contributed by atoms with Crippen LogP contribution >= 0.6 is 23.2 Å². The van der Waals surface area contributed by atoms with Gasteiger partial charge in [-0.2, -0.15) is 0 Å². The predicted molar refractivity (Wildman–Crippen MR) is 52.8 cm³/mol. The van der Waals surface area contributed by atoms with E-state index in [4.69, 9.17) is 23.2 Å². The number of benzene rings is 1. The van der Waals surface area contributed by atoms with Gasteiger partial charge < -0.3 is 4.74 Å². The van der Waals surface area contributed by atoms with Gasteiger partial charge in [0.15, 0.2) is 5.75 Å². The van der Waals surface area contributed by atoms with Crippen molar-refractivity contribution in [3.8, 4) is 5.75 Å². The Morgan fingerprint density at radius 2 is 1.93 bits per heavy atom. The number of ether oxygens (including phenoxy) is 1. The van der Waals surface area contributed by atoms with Gasteiger partial charge in [-0.1, -0.05) is 29.3 Å². The van der Waals surface area contributed by atoms with Gasteiger partial charge in [0.1, 0.15) is 5.02 Å². The molecule has 0 N–H and O–H groups in total. The minimum Gasteiger partial charge on any atom is -0.419 e. The van der Waals surface area contributed by atoms with Crippen LogP contribution in [-0.4, -0.2) is 11.8 Å². The first-order chi connectivity index (χ1) is 6.52. The highest BCUT2D eigenvalue weighted by molar-refractivity contribution is 6.43. The maximum Gasteiger partial charge on any atom is 0.379 e. The van der Waals surface area contributed by atoms with E-state index >= 15 is 0 Å². The Hall–Kier alpha value is -1.06. The molecule has 0 saturated carbocycles. The molecule has 14 heavy (non-hydrogen) atoms. The first-order valence-electron chi connectivity index (χ1n) is 3.69. The van der Waals surface area contributed by atoms with Crippen LogP contribution in [0.4, 0.5) is 0 Å². The summed E-state index contributed by atoms with van der Waals surface area (Å²) in [6.45, 7) is 1.11. The van der Waals surface area contributed by atoms with E-state index in [-0.39, 0.29) is 15.8 Å². The van der Waals surface area contributed by atoms with Crippen molar-refractivity contribution in [2.24, 2.45) is 0 Å². The summed E-state index contributed by atoms with van der Waals surface area (Å²) < 4.78 is 4.68. The normalized spacial score (nSPS) is 9.64. The lowest BCUT2D eigenvalue weighted by Crippen LogP contribution is -2.16. The average Bonchev–Trinajstić information content (AvgIpc) is 2.12. The smallest absolute Gasteiger partial charge is 0.379 e. The van der Waals surface area contributed by atoms with Crippen LogP contribution < -0.4 is 4.74 Å². The van der Waals surface area contributed by atoms with Crippen LogP contribution in [0, 0.1) is 0 Å². The molecule has 0 spiro atoms. The topological polar surface area (TPSA) is 43.4 Å². The molecule has 0 aliphatic rings. The fourth-order valence-corrected chi connectivity index (χ4v) is 1.07. The molecule has 0 heterocycles. The predicted octanol–water partition coefficient (Wildman–Crippen LogP) is 2.49. The molecule has 0 aromatic heterocycles. The Morgan fingerprint density at radius 3 is 2.50 bits per heavy atom. The van der Waals surface area contributed by atoms with Crippen LogP contribution in [0.25, 0.3) is 0 Å². The number of carbonyl (C=O) groups excluding carboxylic acids is 2. The van der Waals surface area contributed by atoms with E-state index in [1.54, 1.807) is 12.1 Å².